The number of thiazole rings is 1. The second-order valence-corrected chi connectivity index (χ2v) is 3.64. The highest BCUT2D eigenvalue weighted by Gasteiger charge is 2.28. The number of aromatic nitrogens is 1. The lowest BCUT2D eigenvalue weighted by molar-refractivity contribution is -0.0574. The third-order valence-electron chi connectivity index (χ3n) is 1.94. The SMILES string of the molecule is CCC(C)(O[N])c1csc(N)n1. The third-order valence-corrected chi connectivity index (χ3v) is 2.61. The molecule has 2 N–H and O–H groups in total. The Labute approximate surface area is 75.5 Å². The highest BCUT2D eigenvalue weighted by Crippen LogP contribution is 2.29. The van der Waals surface area contributed by atoms with Gasteiger partial charge in [-0.2, -0.15) is 0 Å². The molecule has 1 aromatic heterocycles. The maximum Gasteiger partial charge on any atom is 0.180 e. The van der Waals surface area contributed by atoms with Crippen molar-refractivity contribution in [2.24, 2.45) is 0 Å². The first-order valence-electron chi connectivity index (χ1n) is 3.66. The van der Waals surface area contributed by atoms with Crippen LogP contribution < -0.4 is 11.6 Å². The Morgan fingerprint density at radius 2 is 2.50 bits per heavy atom. The summed E-state index contributed by atoms with van der Waals surface area (Å²) in [5.74, 6) is 8.67. The van der Waals surface area contributed by atoms with Gasteiger partial charge in [0.1, 0.15) is 5.60 Å². The molecular formula is C7H11N3OS. The zero-order valence-electron chi connectivity index (χ0n) is 7.07. The summed E-state index contributed by atoms with van der Waals surface area (Å²) in [6.07, 6.45) is 0.646. The van der Waals surface area contributed by atoms with Gasteiger partial charge >= 0.3 is 0 Å². The first kappa shape index (κ1) is 9.44. The predicted octanol–water partition coefficient (Wildman–Crippen LogP) is 1.35. The van der Waals surface area contributed by atoms with Gasteiger partial charge in [-0.05, 0) is 13.3 Å². The smallest absolute Gasteiger partial charge is 0.180 e. The predicted molar refractivity (Wildman–Crippen MR) is 47.4 cm³/mol. The van der Waals surface area contributed by atoms with Crippen LogP contribution in [0.5, 0.6) is 0 Å². The summed E-state index contributed by atoms with van der Waals surface area (Å²) in [6.45, 7) is 3.67. The van der Waals surface area contributed by atoms with Gasteiger partial charge in [0.15, 0.2) is 5.13 Å². The van der Waals surface area contributed by atoms with E-state index >= 15 is 0 Å². The van der Waals surface area contributed by atoms with E-state index in [0.29, 0.717) is 17.2 Å². The lowest BCUT2D eigenvalue weighted by Gasteiger charge is -2.20. The highest BCUT2D eigenvalue weighted by atomic mass is 32.1. The number of nitrogens with two attached hydrogens (primary N) is 1. The molecule has 0 aliphatic carbocycles. The minimum atomic E-state index is -0.728. The lowest BCUT2D eigenvalue weighted by atomic mass is 10.0. The number of hydrogen-bond donors (Lipinski definition) is 1. The Kier molecular flexibility index (Phi) is 2.66. The second-order valence-electron chi connectivity index (χ2n) is 2.75. The Bertz CT molecular complexity index is 257. The number of hydrogen-bond acceptors (Lipinski definition) is 4. The van der Waals surface area contributed by atoms with Gasteiger partial charge in [-0.15, -0.1) is 11.3 Å². The molecule has 1 heterocycles. The largest absolute Gasteiger partial charge is 0.375 e. The molecule has 0 aliphatic heterocycles. The van der Waals surface area contributed by atoms with Gasteiger partial charge in [0.25, 0.3) is 0 Å². The van der Waals surface area contributed by atoms with Crippen molar-refractivity contribution in [3.05, 3.63) is 11.1 Å². The Morgan fingerprint density at radius 1 is 1.83 bits per heavy atom. The molecule has 0 aromatic carbocycles. The average molecular weight is 185 g/mol. The first-order valence-corrected chi connectivity index (χ1v) is 4.54. The first-order chi connectivity index (χ1) is 5.62. The van der Waals surface area contributed by atoms with E-state index in [0.717, 1.165) is 0 Å². The summed E-state index contributed by atoms with van der Waals surface area (Å²) in [7, 11) is 0. The molecule has 4 nitrogen and oxygen atoms in total. The normalized spacial score (nSPS) is 15.9. The molecule has 0 spiro atoms. The third kappa shape index (κ3) is 1.57. The summed E-state index contributed by atoms with van der Waals surface area (Å²) in [6, 6.07) is 0. The number of rotatable bonds is 3. The topological polar surface area (TPSA) is 70.4 Å². The molecular weight excluding hydrogens is 174 g/mol. The van der Waals surface area contributed by atoms with Crippen LogP contribution >= 0.6 is 11.3 Å². The summed E-state index contributed by atoms with van der Waals surface area (Å²) in [4.78, 5) is 8.41. The van der Waals surface area contributed by atoms with Crippen LogP contribution in [-0.2, 0) is 10.4 Å². The second kappa shape index (κ2) is 3.38. The lowest BCUT2D eigenvalue weighted by Crippen LogP contribution is -2.24. The zero-order chi connectivity index (χ0) is 9.19. The minimum absolute atomic E-state index is 0.488. The fourth-order valence-electron chi connectivity index (χ4n) is 0.823. The molecule has 12 heavy (non-hydrogen) atoms. The molecule has 2 radical (unpaired) electrons. The number of anilines is 1. The van der Waals surface area contributed by atoms with Crippen LogP contribution in [0.3, 0.4) is 0 Å². The van der Waals surface area contributed by atoms with Gasteiger partial charge in [-0.1, -0.05) is 6.92 Å². The molecule has 1 aromatic rings. The van der Waals surface area contributed by atoms with Crippen molar-refractivity contribution in [3.63, 3.8) is 0 Å². The van der Waals surface area contributed by atoms with Crippen molar-refractivity contribution >= 4 is 16.5 Å². The fourth-order valence-corrected chi connectivity index (χ4v) is 1.51. The van der Waals surface area contributed by atoms with Crippen molar-refractivity contribution in [2.75, 3.05) is 5.73 Å². The molecule has 1 unspecified atom stereocenters. The summed E-state index contributed by atoms with van der Waals surface area (Å²) in [5, 5.41) is 2.27. The van der Waals surface area contributed by atoms with Crippen LogP contribution in [0.4, 0.5) is 5.13 Å². The quantitative estimate of drug-likeness (QED) is 0.722. The van der Waals surface area contributed by atoms with Crippen LogP contribution in [0.15, 0.2) is 5.38 Å². The number of nitrogen functional groups attached to an aromatic ring is 1. The van der Waals surface area contributed by atoms with Crippen molar-refractivity contribution in [1.29, 1.82) is 0 Å². The molecule has 0 fully saturated rings. The van der Waals surface area contributed by atoms with Gasteiger partial charge in [-0.3, -0.25) is 4.84 Å². The maximum atomic E-state index is 8.67. The zero-order valence-corrected chi connectivity index (χ0v) is 7.89. The van der Waals surface area contributed by atoms with E-state index in [9.17, 15) is 0 Å². The monoisotopic (exact) mass is 185 g/mol. The minimum Gasteiger partial charge on any atom is -0.375 e. The standard InChI is InChI=1S/C7H11N3OS/c1-3-7(2,11-9)5-4-12-6(8)10-5/h4H,3H2,1-2H3,(H2,8,10). The van der Waals surface area contributed by atoms with Crippen molar-refractivity contribution in [1.82, 2.24) is 10.9 Å². The molecule has 5 heteroatoms. The van der Waals surface area contributed by atoms with E-state index in [2.05, 4.69) is 9.82 Å². The number of nitrogens with zero attached hydrogens (tertiary/aromatic N) is 2. The van der Waals surface area contributed by atoms with E-state index in [-0.39, 0.29) is 0 Å². The summed E-state index contributed by atoms with van der Waals surface area (Å²) >= 11 is 1.34. The van der Waals surface area contributed by atoms with E-state index < -0.39 is 5.60 Å². The maximum absolute atomic E-state index is 8.67. The average Bonchev–Trinajstić information content (AvgIpc) is 2.51. The van der Waals surface area contributed by atoms with Crippen LogP contribution in [0.1, 0.15) is 26.0 Å². The van der Waals surface area contributed by atoms with Gasteiger partial charge in [0.2, 0.25) is 0 Å². The molecule has 0 amide bonds. The molecule has 1 rings (SSSR count). The van der Waals surface area contributed by atoms with E-state index in [4.69, 9.17) is 11.6 Å². The van der Waals surface area contributed by atoms with Crippen molar-refractivity contribution < 1.29 is 4.84 Å². The van der Waals surface area contributed by atoms with E-state index in [1.807, 2.05) is 6.92 Å². The fraction of sp³-hybridized carbons (Fsp3) is 0.571. The van der Waals surface area contributed by atoms with Crippen LogP contribution in [0.2, 0.25) is 0 Å². The van der Waals surface area contributed by atoms with Gasteiger partial charge in [-0.25, -0.2) is 4.98 Å². The van der Waals surface area contributed by atoms with Crippen molar-refractivity contribution in [2.45, 2.75) is 25.9 Å². The molecule has 66 valence electrons. The Morgan fingerprint density at radius 3 is 2.83 bits per heavy atom. The van der Waals surface area contributed by atoms with Crippen LogP contribution in [0, 0.1) is 0 Å². The van der Waals surface area contributed by atoms with Gasteiger partial charge < -0.3 is 5.73 Å². The van der Waals surface area contributed by atoms with E-state index in [1.165, 1.54) is 11.3 Å². The Hall–Kier alpha value is -0.650. The summed E-state index contributed by atoms with van der Waals surface area (Å²) in [5.41, 5.74) is 5.40. The molecule has 0 aliphatic rings. The molecule has 0 saturated heterocycles. The van der Waals surface area contributed by atoms with E-state index in [1.54, 1.807) is 12.3 Å². The molecule has 0 saturated carbocycles. The van der Waals surface area contributed by atoms with Gasteiger partial charge in [0.05, 0.1) is 5.69 Å². The molecule has 0 bridgehead atoms. The van der Waals surface area contributed by atoms with Crippen molar-refractivity contribution in [3.8, 4) is 0 Å². The molecule has 1 atom stereocenters. The Balaban J connectivity index is 2.94. The van der Waals surface area contributed by atoms with Crippen LogP contribution in [0.25, 0.3) is 0 Å². The highest BCUT2D eigenvalue weighted by molar-refractivity contribution is 7.13. The van der Waals surface area contributed by atoms with Gasteiger partial charge in [0, 0.05) is 11.3 Å². The summed E-state index contributed by atoms with van der Waals surface area (Å²) < 4.78 is 0. The van der Waals surface area contributed by atoms with Crippen LogP contribution in [-0.4, -0.2) is 4.98 Å².